The number of hydrogen-bond donors (Lipinski definition) is 1. The molecule has 0 spiro atoms. The van der Waals surface area contributed by atoms with E-state index in [1.807, 2.05) is 11.3 Å². The van der Waals surface area contributed by atoms with Gasteiger partial charge in [-0.3, -0.25) is 9.69 Å². The van der Waals surface area contributed by atoms with Gasteiger partial charge in [-0.15, -0.1) is 11.3 Å². The molecule has 2 unspecified atom stereocenters. The normalized spacial score (nSPS) is 20.0. The van der Waals surface area contributed by atoms with E-state index in [-0.39, 0.29) is 12.0 Å². The summed E-state index contributed by atoms with van der Waals surface area (Å²) in [5, 5.41) is 9.43. The first kappa shape index (κ1) is 17.2. The third-order valence-corrected chi connectivity index (χ3v) is 6.14. The van der Waals surface area contributed by atoms with E-state index in [4.69, 9.17) is 0 Å². The zero-order valence-electron chi connectivity index (χ0n) is 14.4. The van der Waals surface area contributed by atoms with Crippen molar-refractivity contribution in [2.45, 2.75) is 39.2 Å². The highest BCUT2D eigenvalue weighted by atomic mass is 32.1. The number of aryl methyl sites for hydroxylation is 2. The molecule has 2 atom stereocenters. The van der Waals surface area contributed by atoms with Gasteiger partial charge < -0.3 is 5.11 Å². The Hall–Kier alpha value is -1.65. The second-order valence-corrected chi connectivity index (χ2v) is 7.84. The van der Waals surface area contributed by atoms with E-state index < -0.39 is 5.97 Å². The molecule has 0 radical (unpaired) electrons. The van der Waals surface area contributed by atoms with Crippen molar-refractivity contribution in [3.8, 4) is 0 Å². The van der Waals surface area contributed by atoms with Crippen LogP contribution in [0.1, 0.15) is 46.7 Å². The monoisotopic (exact) mass is 343 g/mol. The van der Waals surface area contributed by atoms with Gasteiger partial charge in [-0.05, 0) is 50.4 Å². The number of carboxylic acid groups (broad SMARTS) is 1. The molecule has 3 nitrogen and oxygen atoms in total. The van der Waals surface area contributed by atoms with Crippen molar-refractivity contribution in [3.05, 3.63) is 57.3 Å². The van der Waals surface area contributed by atoms with Crippen molar-refractivity contribution in [3.63, 3.8) is 0 Å². The van der Waals surface area contributed by atoms with Crippen LogP contribution in [-0.4, -0.2) is 29.1 Å². The molecular formula is C20H25NO2S. The largest absolute Gasteiger partial charge is 0.481 e. The molecule has 128 valence electrons. The molecule has 4 heteroatoms. The minimum absolute atomic E-state index is 0.165. The second kappa shape index (κ2) is 7.49. The van der Waals surface area contributed by atoms with Gasteiger partial charge >= 0.3 is 5.97 Å². The number of hydrogen-bond acceptors (Lipinski definition) is 3. The number of piperidine rings is 1. The van der Waals surface area contributed by atoms with E-state index in [1.54, 1.807) is 0 Å². The van der Waals surface area contributed by atoms with Crippen LogP contribution in [0.25, 0.3) is 0 Å². The molecular weight excluding hydrogens is 318 g/mol. The Morgan fingerprint density at radius 1 is 1.29 bits per heavy atom. The van der Waals surface area contributed by atoms with Crippen molar-refractivity contribution >= 4 is 17.3 Å². The summed E-state index contributed by atoms with van der Waals surface area (Å²) in [6.45, 7) is 5.87. The Labute approximate surface area is 147 Å². The minimum atomic E-state index is -0.664. The summed E-state index contributed by atoms with van der Waals surface area (Å²) in [6.07, 6.45) is 2.78. The first-order valence-electron chi connectivity index (χ1n) is 8.70. The number of benzene rings is 1. The summed E-state index contributed by atoms with van der Waals surface area (Å²) < 4.78 is 0. The molecule has 24 heavy (non-hydrogen) atoms. The smallest absolute Gasteiger partial charge is 0.307 e. The van der Waals surface area contributed by atoms with Crippen LogP contribution in [0, 0.1) is 12.8 Å². The molecule has 0 bridgehead atoms. The molecule has 1 saturated heterocycles. The number of nitrogens with zero attached hydrogens (tertiary/aromatic N) is 1. The first-order chi connectivity index (χ1) is 11.6. The summed E-state index contributed by atoms with van der Waals surface area (Å²) in [7, 11) is 0. The van der Waals surface area contributed by atoms with Gasteiger partial charge in [-0.1, -0.05) is 36.8 Å². The van der Waals surface area contributed by atoms with E-state index in [2.05, 4.69) is 55.1 Å². The van der Waals surface area contributed by atoms with Crippen LogP contribution in [0.5, 0.6) is 0 Å². The number of likely N-dealkylation sites (tertiary alicyclic amines) is 1. The fourth-order valence-electron chi connectivity index (χ4n) is 3.48. The van der Waals surface area contributed by atoms with Crippen molar-refractivity contribution < 1.29 is 9.90 Å². The van der Waals surface area contributed by atoms with Crippen LogP contribution in [0.4, 0.5) is 0 Å². The summed E-state index contributed by atoms with van der Waals surface area (Å²) in [6, 6.07) is 13.3. The van der Waals surface area contributed by atoms with Gasteiger partial charge in [0.05, 0.1) is 12.0 Å². The number of thiophene rings is 1. The minimum Gasteiger partial charge on any atom is -0.481 e. The molecule has 2 heterocycles. The van der Waals surface area contributed by atoms with Crippen molar-refractivity contribution in [1.29, 1.82) is 0 Å². The highest BCUT2D eigenvalue weighted by Gasteiger charge is 2.31. The number of rotatable bonds is 5. The van der Waals surface area contributed by atoms with E-state index in [0.29, 0.717) is 6.54 Å². The average Bonchev–Trinajstić information content (AvgIpc) is 3.06. The maximum absolute atomic E-state index is 11.5. The second-order valence-electron chi connectivity index (χ2n) is 6.64. The Morgan fingerprint density at radius 2 is 2.04 bits per heavy atom. The van der Waals surface area contributed by atoms with E-state index in [0.717, 1.165) is 25.8 Å². The van der Waals surface area contributed by atoms with E-state index >= 15 is 0 Å². The number of carbonyl (C=O) groups is 1. The van der Waals surface area contributed by atoms with E-state index in [1.165, 1.54) is 20.9 Å². The van der Waals surface area contributed by atoms with Crippen LogP contribution in [-0.2, 0) is 11.2 Å². The molecule has 0 saturated carbocycles. The molecule has 2 aromatic rings. The fourth-order valence-corrected chi connectivity index (χ4v) is 4.59. The molecule has 0 aliphatic carbocycles. The molecule has 1 N–H and O–H groups in total. The lowest BCUT2D eigenvalue weighted by molar-refractivity contribution is -0.143. The zero-order chi connectivity index (χ0) is 17.1. The topological polar surface area (TPSA) is 40.5 Å². The Morgan fingerprint density at radius 3 is 2.67 bits per heavy atom. The molecule has 0 amide bonds. The molecule has 1 aromatic carbocycles. The Balaban J connectivity index is 1.95. The Kier molecular flexibility index (Phi) is 5.36. The summed E-state index contributed by atoms with van der Waals surface area (Å²) in [4.78, 5) is 16.5. The standard InChI is InChI=1S/C20H25NO2S/c1-3-17-10-11-18(24-17)19(15-8-6-14(2)7-9-15)21-12-4-5-16(13-21)20(22)23/h6-11,16,19H,3-5,12-13H2,1-2H3,(H,22,23). The number of aliphatic carboxylic acids is 1. The van der Waals surface area contributed by atoms with Crippen molar-refractivity contribution in [2.75, 3.05) is 13.1 Å². The quantitative estimate of drug-likeness (QED) is 0.868. The molecule has 1 aromatic heterocycles. The predicted molar refractivity (Wildman–Crippen MR) is 98.7 cm³/mol. The molecule has 1 aliphatic rings. The first-order valence-corrected chi connectivity index (χ1v) is 9.52. The SMILES string of the molecule is CCc1ccc(C(c2ccc(C)cc2)N2CCCC(C(=O)O)C2)s1. The third-order valence-electron chi connectivity index (χ3n) is 4.86. The molecule has 1 fully saturated rings. The number of carboxylic acids is 1. The van der Waals surface area contributed by atoms with Gasteiger partial charge in [0, 0.05) is 16.3 Å². The van der Waals surface area contributed by atoms with Gasteiger partial charge in [0.1, 0.15) is 0 Å². The highest BCUT2D eigenvalue weighted by Crippen LogP contribution is 2.36. The van der Waals surface area contributed by atoms with Crippen LogP contribution >= 0.6 is 11.3 Å². The van der Waals surface area contributed by atoms with Crippen LogP contribution in [0.2, 0.25) is 0 Å². The van der Waals surface area contributed by atoms with E-state index in [9.17, 15) is 9.90 Å². The van der Waals surface area contributed by atoms with Crippen molar-refractivity contribution in [2.24, 2.45) is 5.92 Å². The van der Waals surface area contributed by atoms with Gasteiger partial charge in [0.25, 0.3) is 0 Å². The summed E-state index contributed by atoms with van der Waals surface area (Å²) in [5.74, 6) is -0.917. The highest BCUT2D eigenvalue weighted by molar-refractivity contribution is 7.12. The zero-order valence-corrected chi connectivity index (χ0v) is 15.2. The lowest BCUT2D eigenvalue weighted by Crippen LogP contribution is -2.41. The third kappa shape index (κ3) is 3.70. The van der Waals surface area contributed by atoms with Crippen molar-refractivity contribution in [1.82, 2.24) is 4.90 Å². The lowest BCUT2D eigenvalue weighted by Gasteiger charge is -2.37. The van der Waals surface area contributed by atoms with Crippen LogP contribution < -0.4 is 0 Å². The Bertz CT molecular complexity index is 692. The van der Waals surface area contributed by atoms with Gasteiger partial charge in [0.2, 0.25) is 0 Å². The van der Waals surface area contributed by atoms with Crippen LogP contribution in [0.3, 0.4) is 0 Å². The summed E-state index contributed by atoms with van der Waals surface area (Å²) in [5.41, 5.74) is 2.51. The van der Waals surface area contributed by atoms with Crippen LogP contribution in [0.15, 0.2) is 36.4 Å². The maximum Gasteiger partial charge on any atom is 0.307 e. The van der Waals surface area contributed by atoms with Gasteiger partial charge in [-0.25, -0.2) is 0 Å². The molecule has 3 rings (SSSR count). The van der Waals surface area contributed by atoms with Gasteiger partial charge in [0.15, 0.2) is 0 Å². The maximum atomic E-state index is 11.5. The lowest BCUT2D eigenvalue weighted by atomic mass is 9.94. The van der Waals surface area contributed by atoms with Gasteiger partial charge in [-0.2, -0.15) is 0 Å². The summed E-state index contributed by atoms with van der Waals surface area (Å²) >= 11 is 1.85. The predicted octanol–water partition coefficient (Wildman–Crippen LogP) is 4.50. The average molecular weight is 343 g/mol. The molecule has 1 aliphatic heterocycles. The fraction of sp³-hybridized carbons (Fsp3) is 0.450.